The van der Waals surface area contributed by atoms with Crippen LogP contribution in [0.4, 0.5) is 0 Å². The summed E-state index contributed by atoms with van der Waals surface area (Å²) in [4.78, 5) is 5.18. The van der Waals surface area contributed by atoms with Gasteiger partial charge in [0.05, 0.1) is 5.60 Å². The highest BCUT2D eigenvalue weighted by molar-refractivity contribution is 4.96. The summed E-state index contributed by atoms with van der Waals surface area (Å²) in [6.45, 7) is 16.8. The first-order valence-corrected chi connectivity index (χ1v) is 7.35. The van der Waals surface area contributed by atoms with Crippen molar-refractivity contribution in [2.45, 2.75) is 52.2 Å². The number of fused-ring (bicyclic) bond motifs is 1. The molecule has 2 aliphatic heterocycles. The van der Waals surface area contributed by atoms with E-state index in [0.717, 1.165) is 24.8 Å². The van der Waals surface area contributed by atoms with E-state index in [2.05, 4.69) is 30.6 Å². The van der Waals surface area contributed by atoms with Gasteiger partial charge in [-0.2, -0.15) is 0 Å². The van der Waals surface area contributed by atoms with Crippen LogP contribution in [0.15, 0.2) is 0 Å². The quantitative estimate of drug-likeness (QED) is 0.832. The van der Waals surface area contributed by atoms with Crippen molar-refractivity contribution in [3.63, 3.8) is 0 Å². The Balaban J connectivity index is 1.80. The molecule has 18 heavy (non-hydrogen) atoms. The number of aliphatic hydroxyl groups is 1. The van der Waals surface area contributed by atoms with Crippen LogP contribution in [0.1, 0.15) is 41.0 Å². The van der Waals surface area contributed by atoms with Gasteiger partial charge in [-0.25, -0.2) is 0 Å². The highest BCUT2D eigenvalue weighted by atomic mass is 16.3. The number of hydrogen-bond acceptors (Lipinski definition) is 3. The number of rotatable bonds is 3. The molecule has 106 valence electrons. The van der Waals surface area contributed by atoms with E-state index in [0.29, 0.717) is 5.54 Å². The lowest BCUT2D eigenvalue weighted by Crippen LogP contribution is -2.41. The largest absolute Gasteiger partial charge is 0.390 e. The van der Waals surface area contributed by atoms with E-state index in [1.807, 2.05) is 13.8 Å². The molecule has 0 saturated carbocycles. The molecular formula is C15H30N2O. The highest BCUT2D eigenvalue weighted by Crippen LogP contribution is 2.34. The van der Waals surface area contributed by atoms with Crippen molar-refractivity contribution >= 4 is 0 Å². The normalized spacial score (nSPS) is 31.0. The van der Waals surface area contributed by atoms with Crippen LogP contribution in [-0.4, -0.2) is 58.8 Å². The van der Waals surface area contributed by atoms with Crippen LogP contribution in [-0.2, 0) is 0 Å². The molecule has 0 spiro atoms. The Labute approximate surface area is 112 Å². The van der Waals surface area contributed by atoms with Gasteiger partial charge in [0, 0.05) is 38.3 Å². The van der Waals surface area contributed by atoms with E-state index in [-0.39, 0.29) is 0 Å². The van der Waals surface area contributed by atoms with Gasteiger partial charge < -0.3 is 10.0 Å². The van der Waals surface area contributed by atoms with Gasteiger partial charge >= 0.3 is 0 Å². The van der Waals surface area contributed by atoms with E-state index in [9.17, 15) is 5.11 Å². The van der Waals surface area contributed by atoms with E-state index < -0.39 is 5.60 Å². The van der Waals surface area contributed by atoms with Crippen molar-refractivity contribution in [2.24, 2.45) is 11.8 Å². The maximum Gasteiger partial charge on any atom is 0.0603 e. The Morgan fingerprint density at radius 2 is 1.44 bits per heavy atom. The van der Waals surface area contributed by atoms with E-state index in [4.69, 9.17) is 0 Å². The number of hydrogen-bond donors (Lipinski definition) is 1. The predicted molar refractivity (Wildman–Crippen MR) is 75.7 cm³/mol. The van der Waals surface area contributed by atoms with Gasteiger partial charge in [0.2, 0.25) is 0 Å². The molecule has 3 nitrogen and oxygen atoms in total. The maximum absolute atomic E-state index is 9.79. The molecule has 0 amide bonds. The molecule has 2 rings (SSSR count). The SMILES string of the molecule is CC(C)(O)CCN1C[C@@H]2CN(C(C)(C)C)C[C@@H]2C1. The summed E-state index contributed by atoms with van der Waals surface area (Å²) in [5.41, 5.74) is -0.197. The highest BCUT2D eigenvalue weighted by Gasteiger charge is 2.42. The molecule has 0 bridgehead atoms. The summed E-state index contributed by atoms with van der Waals surface area (Å²) in [5.74, 6) is 1.71. The van der Waals surface area contributed by atoms with Crippen molar-refractivity contribution in [2.75, 3.05) is 32.7 Å². The zero-order valence-corrected chi connectivity index (χ0v) is 12.7. The average molecular weight is 254 g/mol. The molecule has 3 heteroatoms. The van der Waals surface area contributed by atoms with Crippen LogP contribution in [0.3, 0.4) is 0 Å². The van der Waals surface area contributed by atoms with E-state index >= 15 is 0 Å². The van der Waals surface area contributed by atoms with Gasteiger partial charge in [0.1, 0.15) is 0 Å². The molecule has 2 fully saturated rings. The second-order valence-corrected chi connectivity index (χ2v) is 7.92. The zero-order valence-electron chi connectivity index (χ0n) is 12.7. The van der Waals surface area contributed by atoms with Gasteiger partial charge in [-0.1, -0.05) is 0 Å². The first-order chi connectivity index (χ1) is 8.15. The number of nitrogens with zero attached hydrogens (tertiary/aromatic N) is 2. The zero-order chi connectivity index (χ0) is 13.6. The lowest BCUT2D eigenvalue weighted by atomic mass is 10.0. The summed E-state index contributed by atoms with van der Waals surface area (Å²) < 4.78 is 0. The molecule has 0 aliphatic carbocycles. The van der Waals surface area contributed by atoms with Crippen molar-refractivity contribution < 1.29 is 5.11 Å². The summed E-state index contributed by atoms with van der Waals surface area (Å²) in [5, 5.41) is 9.79. The molecule has 2 aliphatic rings. The Morgan fingerprint density at radius 1 is 0.944 bits per heavy atom. The van der Waals surface area contributed by atoms with Crippen molar-refractivity contribution in [3.05, 3.63) is 0 Å². The summed E-state index contributed by atoms with van der Waals surface area (Å²) in [6.07, 6.45) is 0.884. The fourth-order valence-corrected chi connectivity index (χ4v) is 3.25. The average Bonchev–Trinajstić information content (AvgIpc) is 2.68. The van der Waals surface area contributed by atoms with Gasteiger partial charge in [-0.3, -0.25) is 4.90 Å². The Kier molecular flexibility index (Phi) is 3.79. The van der Waals surface area contributed by atoms with Gasteiger partial charge in [-0.15, -0.1) is 0 Å². The lowest BCUT2D eigenvalue weighted by molar-refractivity contribution is 0.0583. The summed E-state index contributed by atoms with van der Waals surface area (Å²) >= 11 is 0. The van der Waals surface area contributed by atoms with Crippen molar-refractivity contribution in [1.82, 2.24) is 9.80 Å². The second-order valence-electron chi connectivity index (χ2n) is 7.92. The van der Waals surface area contributed by atoms with Crippen LogP contribution >= 0.6 is 0 Å². The fourth-order valence-electron chi connectivity index (χ4n) is 3.25. The summed E-state index contributed by atoms with van der Waals surface area (Å²) in [6, 6.07) is 0. The third-order valence-corrected chi connectivity index (χ3v) is 4.55. The third-order valence-electron chi connectivity index (χ3n) is 4.55. The van der Waals surface area contributed by atoms with Gasteiger partial charge in [-0.05, 0) is 52.9 Å². The molecule has 0 unspecified atom stereocenters. The monoisotopic (exact) mass is 254 g/mol. The first-order valence-electron chi connectivity index (χ1n) is 7.35. The summed E-state index contributed by atoms with van der Waals surface area (Å²) in [7, 11) is 0. The smallest absolute Gasteiger partial charge is 0.0603 e. The Morgan fingerprint density at radius 3 is 1.83 bits per heavy atom. The molecule has 0 aromatic rings. The standard InChI is InChI=1S/C15H30N2O/c1-14(2,3)17-10-12-8-16(9-13(12)11-17)7-6-15(4,5)18/h12-13,18H,6-11H2,1-5H3/t12-,13+. The molecule has 0 radical (unpaired) electrons. The molecule has 0 aromatic carbocycles. The third kappa shape index (κ3) is 3.46. The van der Waals surface area contributed by atoms with Crippen molar-refractivity contribution in [1.29, 1.82) is 0 Å². The number of likely N-dealkylation sites (tertiary alicyclic amines) is 2. The minimum Gasteiger partial charge on any atom is -0.390 e. The van der Waals surface area contributed by atoms with Crippen LogP contribution in [0.2, 0.25) is 0 Å². The molecule has 1 N–H and O–H groups in total. The maximum atomic E-state index is 9.79. The lowest BCUT2D eigenvalue weighted by Gasteiger charge is -2.33. The molecule has 2 atom stereocenters. The van der Waals surface area contributed by atoms with Gasteiger partial charge in [0.15, 0.2) is 0 Å². The predicted octanol–water partition coefficient (Wildman–Crippen LogP) is 1.81. The van der Waals surface area contributed by atoms with Crippen LogP contribution in [0, 0.1) is 11.8 Å². The van der Waals surface area contributed by atoms with E-state index in [1.165, 1.54) is 26.2 Å². The van der Waals surface area contributed by atoms with Crippen LogP contribution in [0.25, 0.3) is 0 Å². The second kappa shape index (κ2) is 4.77. The minimum atomic E-state index is -0.519. The molecule has 2 saturated heterocycles. The molecule has 0 aromatic heterocycles. The first kappa shape index (κ1) is 14.3. The van der Waals surface area contributed by atoms with E-state index in [1.54, 1.807) is 0 Å². The molecule has 2 heterocycles. The van der Waals surface area contributed by atoms with Gasteiger partial charge in [0.25, 0.3) is 0 Å². The minimum absolute atomic E-state index is 0.322. The van der Waals surface area contributed by atoms with Crippen LogP contribution < -0.4 is 0 Å². The Hall–Kier alpha value is -0.120. The Bertz CT molecular complexity index is 276. The van der Waals surface area contributed by atoms with Crippen LogP contribution in [0.5, 0.6) is 0 Å². The molecular weight excluding hydrogens is 224 g/mol. The van der Waals surface area contributed by atoms with Crippen molar-refractivity contribution in [3.8, 4) is 0 Å². The topological polar surface area (TPSA) is 26.7 Å². The fraction of sp³-hybridized carbons (Fsp3) is 1.00.